The van der Waals surface area contributed by atoms with Gasteiger partial charge in [0, 0.05) is 99.1 Å². The SMILES string of the molecule is c1c[nH]cn1.c1cc[nH]c1.c1ccccc1.c1ccncc1.c1ccnnc1.c1ccoc1.c1ccsc1.c1cn[nH]c1.c1cnccn1.c1cncnc1.c1ncncn1. The summed E-state index contributed by atoms with van der Waals surface area (Å²) in [5, 5.41) is 17.4. The molecule has 0 fully saturated rings. The van der Waals surface area contributed by atoms with Crippen molar-refractivity contribution in [2.75, 3.05) is 0 Å². The summed E-state index contributed by atoms with van der Waals surface area (Å²) in [4.78, 5) is 38.5. The minimum absolute atomic E-state index is 1.44. The minimum atomic E-state index is 1.44. The highest BCUT2D eigenvalue weighted by molar-refractivity contribution is 7.07. The molecule has 0 atom stereocenters. The average Bonchev–Trinajstić information content (AvgIpc) is 4.25. The first-order chi connectivity index (χ1) is 30.5. The summed E-state index contributed by atoms with van der Waals surface area (Å²) >= 11 is 1.71. The molecule has 0 amide bonds. The van der Waals surface area contributed by atoms with Crippen LogP contribution >= 0.6 is 11.3 Å². The van der Waals surface area contributed by atoms with E-state index < -0.39 is 0 Å². The molecule has 11 rings (SSSR count). The maximum Gasteiger partial charge on any atom is 0.119 e. The van der Waals surface area contributed by atoms with Crippen molar-refractivity contribution >= 4 is 11.3 Å². The Morgan fingerprint density at radius 2 is 0.803 bits per heavy atom. The van der Waals surface area contributed by atoms with Crippen LogP contribution in [0.3, 0.4) is 0 Å². The lowest BCUT2D eigenvalue weighted by atomic mass is 10.4. The van der Waals surface area contributed by atoms with E-state index >= 15 is 0 Å². The summed E-state index contributed by atoms with van der Waals surface area (Å²) in [6.45, 7) is 0. The fourth-order valence-electron chi connectivity index (χ4n) is 2.82. The third-order valence-corrected chi connectivity index (χ3v) is 5.86. The van der Waals surface area contributed by atoms with E-state index in [0.29, 0.717) is 0 Å². The number of rotatable bonds is 0. The lowest BCUT2D eigenvalue weighted by Gasteiger charge is -1.70. The molecule has 0 aliphatic carbocycles. The molecule has 10 heterocycles. The quantitative estimate of drug-likeness (QED) is 0.130. The van der Waals surface area contributed by atoms with Crippen molar-refractivity contribution in [1.29, 1.82) is 0 Å². The first kappa shape index (κ1) is 50.3. The third-order valence-electron chi connectivity index (χ3n) is 5.23. The first-order valence-corrected chi connectivity index (χ1v) is 18.8. The summed E-state index contributed by atoms with van der Waals surface area (Å²) in [5.74, 6) is 0. The molecular weight excluding hydrogens is 787 g/mol. The molecule has 0 saturated heterocycles. The molecule has 0 spiro atoms. The van der Waals surface area contributed by atoms with Crippen LogP contribution < -0.4 is 0 Å². The van der Waals surface area contributed by atoms with Gasteiger partial charge < -0.3 is 14.4 Å². The van der Waals surface area contributed by atoms with Crippen LogP contribution in [0.4, 0.5) is 0 Å². The second-order valence-corrected chi connectivity index (χ2v) is 10.5. The number of pyridine rings is 1. The monoisotopic (exact) mass is 833 g/mol. The second-order valence-electron chi connectivity index (χ2n) is 9.68. The Bertz CT molecular complexity index is 1490. The van der Waals surface area contributed by atoms with E-state index in [1.807, 2.05) is 132 Å². The minimum Gasteiger partial charge on any atom is -0.473 e. The van der Waals surface area contributed by atoms with Crippen LogP contribution in [0, 0.1) is 0 Å². The highest BCUT2D eigenvalue weighted by Gasteiger charge is 1.64. The van der Waals surface area contributed by atoms with Crippen LogP contribution in [0.25, 0.3) is 0 Å². The molecule has 0 bridgehead atoms. The summed E-state index contributed by atoms with van der Waals surface area (Å²) in [5.41, 5.74) is 0. The van der Waals surface area contributed by atoms with Gasteiger partial charge in [-0.3, -0.25) is 20.1 Å². The number of H-pyrrole nitrogens is 3. The predicted octanol–water partition coefficient (Wildman–Crippen LogP) is 8.93. The lowest BCUT2D eigenvalue weighted by Crippen LogP contribution is -1.73. The Kier molecular flexibility index (Phi) is 39.1. The molecule has 0 radical (unpaired) electrons. The van der Waals surface area contributed by atoms with Gasteiger partial charge in [-0.2, -0.15) is 26.6 Å². The number of imidazole rings is 1. The van der Waals surface area contributed by atoms with E-state index in [0.717, 1.165) is 0 Å². The lowest BCUT2D eigenvalue weighted by molar-refractivity contribution is 0.567. The standard InChI is InChI=1S/C6H6.C5H5N.3C4H4N2.C4H5N.C4H4O.C4H4S.C3H3N3.2C3H4N2/c2*1-2-4-6-5-3-1;1-2-6-4-3-5-1;1-2-5-4-6-3-1;1-2-4-6-5-3-1;3*1-2-4-5-3-1;1-4-2-6-3-5-1;1-2-5-3-4-1;1-2-4-5-3-1/h1-6H;1-5H;3*1-4H;1-5H;2*1-4H;1-3H;2*1-3H,(H,4,5). The average molecular weight is 834 g/mol. The number of furan rings is 1. The van der Waals surface area contributed by atoms with Crippen molar-refractivity contribution < 1.29 is 4.42 Å². The Balaban J connectivity index is 0.000000336. The molecule has 16 nitrogen and oxygen atoms in total. The highest BCUT2D eigenvalue weighted by Crippen LogP contribution is 1.91. The van der Waals surface area contributed by atoms with Gasteiger partial charge in [0.1, 0.15) is 25.3 Å². The van der Waals surface area contributed by atoms with Gasteiger partial charge in [0.15, 0.2) is 0 Å². The van der Waals surface area contributed by atoms with Gasteiger partial charge in [0.05, 0.1) is 18.9 Å². The van der Waals surface area contributed by atoms with E-state index in [2.05, 4.69) is 79.6 Å². The van der Waals surface area contributed by atoms with Gasteiger partial charge in [-0.1, -0.05) is 54.6 Å². The third kappa shape index (κ3) is 45.6. The molecule has 0 saturated carbocycles. The van der Waals surface area contributed by atoms with Crippen molar-refractivity contribution in [1.82, 2.24) is 75.2 Å². The van der Waals surface area contributed by atoms with Gasteiger partial charge >= 0.3 is 0 Å². The maximum absolute atomic E-state index is 4.58. The first-order valence-electron chi connectivity index (χ1n) is 17.9. The number of nitrogens with one attached hydrogen (secondary N) is 3. The molecular formula is C44H47N15OS. The predicted molar refractivity (Wildman–Crippen MR) is 238 cm³/mol. The summed E-state index contributed by atoms with van der Waals surface area (Å²) in [6, 6.07) is 36.6. The number of thiophene rings is 1. The highest BCUT2D eigenvalue weighted by atomic mass is 32.1. The van der Waals surface area contributed by atoms with Crippen LogP contribution in [0.5, 0.6) is 0 Å². The summed E-state index contributed by atoms with van der Waals surface area (Å²) in [7, 11) is 0. The Hall–Kier alpha value is -8.70. The molecule has 10 aromatic heterocycles. The number of benzene rings is 1. The van der Waals surface area contributed by atoms with Crippen LogP contribution in [0.2, 0.25) is 0 Å². The van der Waals surface area contributed by atoms with E-state index in [4.69, 9.17) is 0 Å². The number of nitrogens with zero attached hydrogens (tertiary/aromatic N) is 12. The zero-order valence-electron chi connectivity index (χ0n) is 33.1. The molecule has 310 valence electrons. The van der Waals surface area contributed by atoms with Gasteiger partial charge in [-0.15, -0.1) is 0 Å². The van der Waals surface area contributed by atoms with Crippen molar-refractivity contribution in [2.45, 2.75) is 0 Å². The molecule has 3 N–H and O–H groups in total. The second kappa shape index (κ2) is 47.5. The Labute approximate surface area is 359 Å². The van der Waals surface area contributed by atoms with E-state index in [1.54, 1.807) is 123 Å². The smallest absolute Gasteiger partial charge is 0.119 e. The number of hydrogen-bond donors (Lipinski definition) is 3. The number of aromatic nitrogens is 15. The maximum atomic E-state index is 4.58. The Morgan fingerprint density at radius 3 is 0.984 bits per heavy atom. The van der Waals surface area contributed by atoms with Crippen LogP contribution in [0.15, 0.2) is 274 Å². The number of hydrogen-bond acceptors (Lipinski definition) is 14. The van der Waals surface area contributed by atoms with Gasteiger partial charge in [0.25, 0.3) is 0 Å². The van der Waals surface area contributed by atoms with Gasteiger partial charge in [0.2, 0.25) is 0 Å². The zero-order chi connectivity index (χ0) is 43.1. The van der Waals surface area contributed by atoms with E-state index in [9.17, 15) is 0 Å². The van der Waals surface area contributed by atoms with Gasteiger partial charge in [-0.25, -0.2) is 29.9 Å². The molecule has 1 aromatic carbocycles. The van der Waals surface area contributed by atoms with Crippen molar-refractivity contribution in [2.24, 2.45) is 0 Å². The molecule has 61 heavy (non-hydrogen) atoms. The fourth-order valence-corrected chi connectivity index (χ4v) is 3.28. The van der Waals surface area contributed by atoms with Crippen molar-refractivity contribution in [3.05, 3.63) is 269 Å². The zero-order valence-corrected chi connectivity index (χ0v) is 33.9. The Morgan fingerprint density at radius 1 is 0.311 bits per heavy atom. The van der Waals surface area contributed by atoms with E-state index in [1.165, 1.54) is 25.3 Å². The van der Waals surface area contributed by atoms with Crippen molar-refractivity contribution in [3.63, 3.8) is 0 Å². The molecule has 11 aromatic rings. The molecule has 0 unspecified atom stereocenters. The van der Waals surface area contributed by atoms with E-state index in [-0.39, 0.29) is 0 Å². The van der Waals surface area contributed by atoms with Crippen LogP contribution in [-0.4, -0.2) is 75.2 Å². The normalized spacial score (nSPS) is 8.00. The largest absolute Gasteiger partial charge is 0.473 e. The van der Waals surface area contributed by atoms with Gasteiger partial charge in [-0.05, 0) is 71.4 Å². The van der Waals surface area contributed by atoms with Crippen LogP contribution in [-0.2, 0) is 0 Å². The van der Waals surface area contributed by atoms with Crippen LogP contribution in [0.1, 0.15) is 0 Å². The molecule has 0 aliphatic heterocycles. The topological polar surface area (TPSA) is 215 Å². The molecule has 17 heteroatoms. The summed E-state index contributed by atoms with van der Waals surface area (Å²) in [6.07, 6.45) is 38.1. The number of aromatic amines is 3. The summed E-state index contributed by atoms with van der Waals surface area (Å²) < 4.78 is 4.58. The fraction of sp³-hybridized carbons (Fsp3) is 0. The molecule has 0 aliphatic rings. The van der Waals surface area contributed by atoms with Crippen molar-refractivity contribution in [3.8, 4) is 0 Å².